The molecular formula is C10H14N2O4Sn. The van der Waals surface area contributed by atoms with Crippen LogP contribution in [0.25, 0.3) is 0 Å². The molecule has 0 unspecified atom stereocenters. The summed E-state index contributed by atoms with van der Waals surface area (Å²) < 4.78 is 6.83. The first-order chi connectivity index (χ1) is 7.61. The standard InChI is InChI=1S/C10H14N2O4.Sn/c1-6-4-12(10(15)11-9(6)14)8-3-2-7(5-13)16-8;/h4,7-8,13H,2-3,5H2,1H3,(H,11,14,15);/t7-,8+;/m0./s1. The molecule has 2 atom stereocenters. The first kappa shape index (κ1) is 14.5. The van der Waals surface area contributed by atoms with Crippen LogP contribution in [0.4, 0.5) is 0 Å². The summed E-state index contributed by atoms with van der Waals surface area (Å²) in [5.41, 5.74) is -0.382. The molecule has 1 fully saturated rings. The van der Waals surface area contributed by atoms with Crippen LogP contribution < -0.4 is 11.2 Å². The smallest absolute Gasteiger partial charge is 0.330 e. The van der Waals surface area contributed by atoms with Gasteiger partial charge >= 0.3 is 5.69 Å². The number of nitrogens with zero attached hydrogens (tertiary/aromatic N) is 1. The van der Waals surface area contributed by atoms with E-state index in [-0.39, 0.29) is 48.4 Å². The summed E-state index contributed by atoms with van der Waals surface area (Å²) >= 11 is 0. The molecule has 0 aromatic carbocycles. The summed E-state index contributed by atoms with van der Waals surface area (Å²) in [6, 6.07) is 0. The SMILES string of the molecule is Cc1cn([C@H]2CC[C@@H](CO)O2)c(=O)[nH]c1=O.[Sn]. The Bertz CT molecular complexity index is 496. The van der Waals surface area contributed by atoms with E-state index < -0.39 is 5.69 Å². The van der Waals surface area contributed by atoms with Gasteiger partial charge in [0.1, 0.15) is 6.23 Å². The number of ether oxygens (including phenoxy) is 1. The van der Waals surface area contributed by atoms with Crippen molar-refractivity contribution in [2.24, 2.45) is 0 Å². The van der Waals surface area contributed by atoms with Crippen LogP contribution >= 0.6 is 0 Å². The number of hydrogen-bond acceptors (Lipinski definition) is 4. The molecule has 6 nitrogen and oxygen atoms in total. The second kappa shape index (κ2) is 5.83. The van der Waals surface area contributed by atoms with Gasteiger partial charge in [0, 0.05) is 35.7 Å². The maximum atomic E-state index is 11.5. The molecule has 2 rings (SSSR count). The zero-order chi connectivity index (χ0) is 11.7. The molecular weight excluding hydrogens is 331 g/mol. The molecule has 0 aliphatic carbocycles. The van der Waals surface area contributed by atoms with Crippen LogP contribution in [-0.4, -0.2) is 51.3 Å². The summed E-state index contributed by atoms with van der Waals surface area (Å²) in [6.07, 6.45) is 2.26. The topological polar surface area (TPSA) is 84.3 Å². The molecule has 0 spiro atoms. The van der Waals surface area contributed by atoms with Crippen LogP contribution in [-0.2, 0) is 4.74 Å². The minimum absolute atomic E-state index is 0. The number of aliphatic hydroxyl groups excluding tert-OH is 1. The molecule has 2 N–H and O–H groups in total. The predicted molar refractivity (Wildman–Crippen MR) is 62.0 cm³/mol. The van der Waals surface area contributed by atoms with Crippen LogP contribution in [0.1, 0.15) is 24.6 Å². The molecule has 2 heterocycles. The Morgan fingerprint density at radius 2 is 2.24 bits per heavy atom. The third-order valence-electron chi connectivity index (χ3n) is 2.74. The maximum absolute atomic E-state index is 11.5. The number of aryl methyl sites for hydroxylation is 1. The minimum Gasteiger partial charge on any atom is -0.394 e. The number of aromatic amines is 1. The van der Waals surface area contributed by atoms with Crippen molar-refractivity contribution in [2.45, 2.75) is 32.1 Å². The van der Waals surface area contributed by atoms with E-state index in [1.165, 1.54) is 10.8 Å². The van der Waals surface area contributed by atoms with Gasteiger partial charge in [-0.05, 0) is 19.8 Å². The molecule has 1 aliphatic heterocycles. The zero-order valence-corrected chi connectivity index (χ0v) is 12.3. The largest absolute Gasteiger partial charge is 0.394 e. The maximum Gasteiger partial charge on any atom is 0.330 e. The van der Waals surface area contributed by atoms with Crippen molar-refractivity contribution in [2.75, 3.05) is 6.61 Å². The van der Waals surface area contributed by atoms with Gasteiger partial charge < -0.3 is 9.84 Å². The molecule has 1 saturated heterocycles. The molecule has 4 radical (unpaired) electrons. The number of aromatic nitrogens is 2. The van der Waals surface area contributed by atoms with Gasteiger partial charge in [0.2, 0.25) is 0 Å². The van der Waals surface area contributed by atoms with Gasteiger partial charge in [-0.1, -0.05) is 0 Å². The number of aliphatic hydroxyl groups is 1. The van der Waals surface area contributed by atoms with Crippen molar-refractivity contribution in [1.82, 2.24) is 9.55 Å². The number of hydrogen-bond donors (Lipinski definition) is 2. The van der Waals surface area contributed by atoms with Crippen molar-refractivity contribution in [3.63, 3.8) is 0 Å². The first-order valence-corrected chi connectivity index (χ1v) is 5.20. The summed E-state index contributed by atoms with van der Waals surface area (Å²) in [7, 11) is 0. The quantitative estimate of drug-likeness (QED) is 0.683. The van der Waals surface area contributed by atoms with Crippen LogP contribution in [0.3, 0.4) is 0 Å². The van der Waals surface area contributed by atoms with Gasteiger partial charge in [-0.2, -0.15) is 0 Å². The summed E-state index contributed by atoms with van der Waals surface area (Å²) in [5, 5.41) is 8.93. The number of H-pyrrole nitrogens is 1. The third kappa shape index (κ3) is 2.99. The van der Waals surface area contributed by atoms with Crippen LogP contribution in [0.2, 0.25) is 0 Å². The van der Waals surface area contributed by atoms with Gasteiger partial charge in [0.15, 0.2) is 0 Å². The minimum atomic E-state index is -0.473. The normalized spacial score (nSPS) is 23.4. The van der Waals surface area contributed by atoms with E-state index in [1.54, 1.807) is 6.92 Å². The van der Waals surface area contributed by atoms with Crippen molar-refractivity contribution in [3.8, 4) is 0 Å². The molecule has 7 heteroatoms. The Kier molecular flexibility index (Phi) is 4.96. The summed E-state index contributed by atoms with van der Waals surface area (Å²) in [4.78, 5) is 24.9. The molecule has 92 valence electrons. The number of rotatable bonds is 2. The first-order valence-electron chi connectivity index (χ1n) is 5.20. The molecule has 1 aromatic rings. The van der Waals surface area contributed by atoms with Crippen molar-refractivity contribution in [1.29, 1.82) is 0 Å². The molecule has 1 aromatic heterocycles. The van der Waals surface area contributed by atoms with Crippen LogP contribution in [0.15, 0.2) is 15.8 Å². The fourth-order valence-electron chi connectivity index (χ4n) is 1.83. The third-order valence-corrected chi connectivity index (χ3v) is 2.74. The molecule has 0 saturated carbocycles. The Morgan fingerprint density at radius 3 is 2.82 bits per heavy atom. The predicted octanol–water partition coefficient (Wildman–Crippen LogP) is -0.866. The van der Waals surface area contributed by atoms with Gasteiger partial charge in [-0.3, -0.25) is 14.3 Å². The molecule has 0 amide bonds. The molecule has 17 heavy (non-hydrogen) atoms. The fourth-order valence-corrected chi connectivity index (χ4v) is 1.83. The Labute approximate surface area is 115 Å². The van der Waals surface area contributed by atoms with Crippen molar-refractivity contribution >= 4 is 23.9 Å². The average molecular weight is 345 g/mol. The Morgan fingerprint density at radius 1 is 1.53 bits per heavy atom. The van der Waals surface area contributed by atoms with Gasteiger partial charge in [0.25, 0.3) is 5.56 Å². The van der Waals surface area contributed by atoms with Crippen molar-refractivity contribution < 1.29 is 9.84 Å². The Hall–Kier alpha value is -0.601. The fraction of sp³-hybridized carbons (Fsp3) is 0.600. The second-order valence-electron chi connectivity index (χ2n) is 3.95. The second-order valence-corrected chi connectivity index (χ2v) is 3.95. The van der Waals surface area contributed by atoms with Gasteiger partial charge in [0.05, 0.1) is 12.7 Å². The van der Waals surface area contributed by atoms with Gasteiger partial charge in [-0.25, -0.2) is 4.79 Å². The van der Waals surface area contributed by atoms with E-state index in [1.807, 2.05) is 0 Å². The zero-order valence-electron chi connectivity index (χ0n) is 9.47. The van der Waals surface area contributed by atoms with E-state index in [4.69, 9.17) is 9.84 Å². The van der Waals surface area contributed by atoms with Crippen LogP contribution in [0, 0.1) is 6.92 Å². The van der Waals surface area contributed by atoms with Gasteiger partial charge in [-0.15, -0.1) is 0 Å². The molecule has 0 bridgehead atoms. The van der Waals surface area contributed by atoms with Crippen molar-refractivity contribution in [3.05, 3.63) is 32.6 Å². The summed E-state index contributed by atoms with van der Waals surface area (Å²) in [6.45, 7) is 1.58. The number of nitrogens with one attached hydrogen (secondary N) is 1. The average Bonchev–Trinajstić information content (AvgIpc) is 2.71. The molecule has 1 aliphatic rings. The van der Waals surface area contributed by atoms with Crippen LogP contribution in [0.5, 0.6) is 0 Å². The van der Waals surface area contributed by atoms with E-state index >= 15 is 0 Å². The van der Waals surface area contributed by atoms with E-state index in [0.29, 0.717) is 18.4 Å². The van der Waals surface area contributed by atoms with E-state index in [2.05, 4.69) is 4.98 Å². The van der Waals surface area contributed by atoms with E-state index in [0.717, 1.165) is 0 Å². The monoisotopic (exact) mass is 346 g/mol. The van der Waals surface area contributed by atoms with E-state index in [9.17, 15) is 9.59 Å². The summed E-state index contributed by atoms with van der Waals surface area (Å²) in [5.74, 6) is 0. The Balaban J connectivity index is 0.00000144.